The number of hydrogen-bond acceptors (Lipinski definition) is 2. The Balaban J connectivity index is 1.08. The molecule has 0 aliphatic heterocycles. The third-order valence-electron chi connectivity index (χ3n) is 11.5. The third-order valence-corrected chi connectivity index (χ3v) is 12.6. The highest BCUT2D eigenvalue weighted by Crippen LogP contribution is 2.44. The van der Waals surface area contributed by atoms with Crippen LogP contribution in [0.2, 0.25) is 0 Å². The van der Waals surface area contributed by atoms with Gasteiger partial charge in [-0.15, -0.1) is 11.3 Å². The summed E-state index contributed by atoms with van der Waals surface area (Å²) in [5, 5.41) is 11.4. The highest BCUT2D eigenvalue weighted by molar-refractivity contribution is 7.25. The van der Waals surface area contributed by atoms with Gasteiger partial charge in [-0.25, -0.2) is 0 Å². The summed E-state index contributed by atoms with van der Waals surface area (Å²) in [6.45, 7) is 0. The Morgan fingerprint density at radius 2 is 0.875 bits per heavy atom. The van der Waals surface area contributed by atoms with E-state index in [0.29, 0.717) is 0 Å². The summed E-state index contributed by atoms with van der Waals surface area (Å²) in [5.74, 6) is 0. The molecule has 0 radical (unpaired) electrons. The van der Waals surface area contributed by atoms with Crippen molar-refractivity contribution in [1.82, 2.24) is 9.13 Å². The molecule has 0 N–H and O–H groups in total. The van der Waals surface area contributed by atoms with Crippen molar-refractivity contribution < 1.29 is 0 Å². The van der Waals surface area contributed by atoms with Gasteiger partial charge in [0.2, 0.25) is 0 Å². The molecule has 0 aliphatic rings. The van der Waals surface area contributed by atoms with Gasteiger partial charge in [0.1, 0.15) is 5.65 Å². The Morgan fingerprint density at radius 3 is 1.64 bits per heavy atom. The van der Waals surface area contributed by atoms with E-state index >= 15 is 0 Å². The molecule has 3 heterocycles. The summed E-state index contributed by atoms with van der Waals surface area (Å²) in [5.41, 5.74) is 9.17. The van der Waals surface area contributed by atoms with Crippen LogP contribution in [-0.4, -0.2) is 9.13 Å². The Morgan fingerprint density at radius 1 is 0.339 bits per heavy atom. The topological polar surface area (TPSA) is 13.1 Å². The van der Waals surface area contributed by atoms with Crippen LogP contribution in [0.3, 0.4) is 0 Å². The minimum atomic E-state index is 1.10. The van der Waals surface area contributed by atoms with Gasteiger partial charge in [0.15, 0.2) is 0 Å². The number of benzene rings is 9. The van der Waals surface area contributed by atoms with Crippen molar-refractivity contribution in [2.75, 3.05) is 4.90 Å². The van der Waals surface area contributed by atoms with Gasteiger partial charge < -0.3 is 4.90 Å². The zero-order valence-corrected chi connectivity index (χ0v) is 31.1. The quantitative estimate of drug-likeness (QED) is 0.161. The number of fused-ring (bicyclic) bond motifs is 11. The standard InChI is InChI=1S/C52H33N3S/c1-2-13-36(14-3-1)54-47-19-9-6-17-44(47)51-45-18-7-10-20-48(45)55(52(51)54)38-26-24-37(25-27-38)53(40-29-31-50-46(33-40)43-16-8-11-21-49(43)56-50)39-28-30-42-35(32-39)23-22-34-12-4-5-15-41(34)42/h1-33H. The Kier molecular flexibility index (Phi) is 6.80. The first-order valence-corrected chi connectivity index (χ1v) is 19.9. The van der Waals surface area contributed by atoms with Crippen LogP contribution in [0.4, 0.5) is 17.1 Å². The first-order valence-electron chi connectivity index (χ1n) is 19.1. The summed E-state index contributed by atoms with van der Waals surface area (Å²) < 4.78 is 7.47. The molecule has 0 fully saturated rings. The maximum Gasteiger partial charge on any atom is 0.131 e. The normalized spacial score (nSPS) is 11.9. The van der Waals surface area contributed by atoms with Crippen LogP contribution in [0.25, 0.3) is 85.9 Å². The van der Waals surface area contributed by atoms with E-state index in [1.165, 1.54) is 74.6 Å². The molecular weight excluding hydrogens is 699 g/mol. The summed E-state index contributed by atoms with van der Waals surface area (Å²) in [6.07, 6.45) is 0. The van der Waals surface area contributed by atoms with Crippen molar-refractivity contribution in [3.63, 3.8) is 0 Å². The van der Waals surface area contributed by atoms with E-state index in [1.54, 1.807) is 0 Å². The number of para-hydroxylation sites is 3. The second-order valence-electron chi connectivity index (χ2n) is 14.6. The van der Waals surface area contributed by atoms with Crippen LogP contribution in [0.5, 0.6) is 0 Å². The van der Waals surface area contributed by atoms with E-state index in [0.717, 1.165) is 28.4 Å². The predicted molar refractivity (Wildman–Crippen MR) is 240 cm³/mol. The Hall–Kier alpha value is -7.14. The van der Waals surface area contributed by atoms with Gasteiger partial charge in [-0.3, -0.25) is 9.13 Å². The lowest BCUT2D eigenvalue weighted by molar-refractivity contribution is 1.07. The first kappa shape index (κ1) is 31.2. The molecule has 0 unspecified atom stereocenters. The summed E-state index contributed by atoms with van der Waals surface area (Å²) in [4.78, 5) is 2.41. The predicted octanol–water partition coefficient (Wildman–Crippen LogP) is 14.9. The largest absolute Gasteiger partial charge is 0.310 e. The van der Waals surface area contributed by atoms with Crippen LogP contribution in [0, 0.1) is 0 Å². The second kappa shape index (κ2) is 12.2. The van der Waals surface area contributed by atoms with Crippen LogP contribution in [0.1, 0.15) is 0 Å². The van der Waals surface area contributed by atoms with Crippen molar-refractivity contribution in [1.29, 1.82) is 0 Å². The van der Waals surface area contributed by atoms with Crippen molar-refractivity contribution in [3.05, 3.63) is 200 Å². The third kappa shape index (κ3) is 4.63. The van der Waals surface area contributed by atoms with Crippen LogP contribution < -0.4 is 4.90 Å². The molecule has 0 aliphatic carbocycles. The lowest BCUT2D eigenvalue weighted by Crippen LogP contribution is -2.10. The van der Waals surface area contributed by atoms with E-state index in [-0.39, 0.29) is 0 Å². The van der Waals surface area contributed by atoms with Crippen LogP contribution >= 0.6 is 11.3 Å². The number of anilines is 3. The smallest absolute Gasteiger partial charge is 0.131 e. The molecule has 0 spiro atoms. The van der Waals surface area contributed by atoms with E-state index in [2.05, 4.69) is 214 Å². The minimum Gasteiger partial charge on any atom is -0.310 e. The molecule has 262 valence electrons. The molecule has 3 aromatic heterocycles. The first-order chi connectivity index (χ1) is 27.8. The van der Waals surface area contributed by atoms with Gasteiger partial charge in [-0.05, 0) is 106 Å². The molecule has 0 saturated heterocycles. The lowest BCUT2D eigenvalue weighted by atomic mass is 10.0. The van der Waals surface area contributed by atoms with Crippen LogP contribution in [0.15, 0.2) is 200 Å². The number of thiophene rings is 1. The fraction of sp³-hybridized carbons (Fsp3) is 0. The SMILES string of the molecule is c1ccc(-n2c3ccccc3c3c4ccccc4n(-c4ccc(N(c5ccc6c(ccc7ccccc76)c5)c5ccc6sc7ccccc7c6c5)cc4)c32)cc1. The van der Waals surface area contributed by atoms with Gasteiger partial charge >= 0.3 is 0 Å². The van der Waals surface area contributed by atoms with E-state index in [4.69, 9.17) is 0 Å². The second-order valence-corrected chi connectivity index (χ2v) is 15.6. The maximum atomic E-state index is 2.44. The van der Waals surface area contributed by atoms with E-state index < -0.39 is 0 Å². The number of rotatable bonds is 5. The maximum absolute atomic E-state index is 2.44. The number of nitrogens with zero attached hydrogens (tertiary/aromatic N) is 3. The van der Waals surface area contributed by atoms with Gasteiger partial charge in [0.05, 0.1) is 11.0 Å². The van der Waals surface area contributed by atoms with Gasteiger partial charge in [0.25, 0.3) is 0 Å². The van der Waals surface area contributed by atoms with Gasteiger partial charge in [-0.2, -0.15) is 0 Å². The van der Waals surface area contributed by atoms with Gasteiger partial charge in [0, 0.05) is 64.8 Å². The molecule has 0 bridgehead atoms. The Labute approximate surface area is 327 Å². The average Bonchev–Trinajstić information content (AvgIpc) is 3.92. The van der Waals surface area contributed by atoms with Crippen molar-refractivity contribution in [2.24, 2.45) is 0 Å². The number of aromatic nitrogens is 2. The molecular formula is C52H33N3S. The fourth-order valence-corrected chi connectivity index (χ4v) is 10.1. The summed E-state index contributed by atoms with van der Waals surface area (Å²) in [6, 6.07) is 73.2. The van der Waals surface area contributed by atoms with Crippen molar-refractivity contribution in [3.8, 4) is 11.4 Å². The highest BCUT2D eigenvalue weighted by Gasteiger charge is 2.22. The molecule has 0 atom stereocenters. The van der Waals surface area contributed by atoms with Crippen molar-refractivity contribution in [2.45, 2.75) is 0 Å². The highest BCUT2D eigenvalue weighted by atomic mass is 32.1. The molecule has 0 saturated carbocycles. The zero-order valence-electron chi connectivity index (χ0n) is 30.3. The molecule has 12 aromatic rings. The molecule has 56 heavy (non-hydrogen) atoms. The molecule has 9 aromatic carbocycles. The lowest BCUT2D eigenvalue weighted by Gasteiger charge is -2.26. The van der Waals surface area contributed by atoms with Crippen LogP contribution in [-0.2, 0) is 0 Å². The van der Waals surface area contributed by atoms with E-state index in [9.17, 15) is 0 Å². The summed E-state index contributed by atoms with van der Waals surface area (Å²) >= 11 is 1.86. The van der Waals surface area contributed by atoms with Gasteiger partial charge in [-0.1, -0.05) is 115 Å². The Bertz CT molecular complexity index is 3480. The fourth-order valence-electron chi connectivity index (χ4n) is 8.99. The molecule has 0 amide bonds. The molecule has 12 rings (SSSR count). The zero-order chi connectivity index (χ0) is 36.7. The van der Waals surface area contributed by atoms with E-state index in [1.807, 2.05) is 11.3 Å². The number of hydrogen-bond donors (Lipinski definition) is 0. The average molecular weight is 732 g/mol. The summed E-state index contributed by atoms with van der Waals surface area (Å²) in [7, 11) is 0. The minimum absolute atomic E-state index is 1.10. The monoisotopic (exact) mass is 731 g/mol. The molecule has 3 nitrogen and oxygen atoms in total. The van der Waals surface area contributed by atoms with Crippen molar-refractivity contribution >= 4 is 103 Å². The molecule has 4 heteroatoms.